The molecule has 1 aliphatic heterocycles. The predicted octanol–water partition coefficient (Wildman–Crippen LogP) is 5.96. The lowest BCUT2D eigenvalue weighted by atomic mass is 9.97. The van der Waals surface area contributed by atoms with Crippen molar-refractivity contribution in [3.8, 4) is 11.5 Å². The second-order valence-corrected chi connectivity index (χ2v) is 9.77. The van der Waals surface area contributed by atoms with Crippen LogP contribution in [0.5, 0.6) is 11.5 Å². The Kier molecular flexibility index (Phi) is 8.22. The molecule has 1 amide bonds. The summed E-state index contributed by atoms with van der Waals surface area (Å²) < 4.78 is 23.6. The molecule has 0 fully saturated rings. The molecule has 0 spiro atoms. The number of rotatable bonds is 11. The number of ether oxygens (including phenoxy) is 3. The fraction of sp³-hybridized carbons (Fsp3) is 0.467. The summed E-state index contributed by atoms with van der Waals surface area (Å²) in [5.41, 5.74) is 3.41. The molecule has 3 aromatic rings. The minimum atomic E-state index is -0.594. The molecule has 0 bridgehead atoms. The highest BCUT2D eigenvalue weighted by molar-refractivity contribution is 5.99. The summed E-state index contributed by atoms with van der Waals surface area (Å²) in [5, 5.41) is 0.484. The van der Waals surface area contributed by atoms with Gasteiger partial charge in [-0.15, -0.1) is 0 Å². The number of aryl methyl sites for hydroxylation is 2. The van der Waals surface area contributed by atoms with E-state index in [0.717, 1.165) is 23.1 Å². The van der Waals surface area contributed by atoms with Crippen molar-refractivity contribution >= 4 is 16.9 Å². The number of hydrogen-bond donors (Lipinski definition) is 0. The van der Waals surface area contributed by atoms with Crippen LogP contribution in [0.1, 0.15) is 79.4 Å². The van der Waals surface area contributed by atoms with Gasteiger partial charge in [0.2, 0.25) is 5.76 Å². The van der Waals surface area contributed by atoms with E-state index in [-0.39, 0.29) is 23.2 Å². The zero-order valence-electron chi connectivity index (χ0n) is 22.7. The van der Waals surface area contributed by atoms with Gasteiger partial charge < -0.3 is 23.5 Å². The number of fused-ring (bicyclic) bond motifs is 2. The van der Waals surface area contributed by atoms with Crippen LogP contribution in [0.4, 0.5) is 0 Å². The molecular formula is C30H37NO6. The Bertz CT molecular complexity index is 1340. The minimum Gasteiger partial charge on any atom is -0.490 e. The van der Waals surface area contributed by atoms with Crippen LogP contribution in [-0.4, -0.2) is 43.3 Å². The van der Waals surface area contributed by atoms with Crippen LogP contribution in [-0.2, 0) is 4.74 Å². The maximum Gasteiger partial charge on any atom is 0.290 e. The second-order valence-electron chi connectivity index (χ2n) is 9.77. The first kappa shape index (κ1) is 26.7. The molecule has 1 aromatic heterocycles. The summed E-state index contributed by atoms with van der Waals surface area (Å²) in [7, 11) is 0. The average molecular weight is 508 g/mol. The van der Waals surface area contributed by atoms with Crippen LogP contribution >= 0.6 is 0 Å². The van der Waals surface area contributed by atoms with Crippen molar-refractivity contribution in [3.05, 3.63) is 68.6 Å². The van der Waals surface area contributed by atoms with Gasteiger partial charge in [-0.2, -0.15) is 0 Å². The molecule has 7 nitrogen and oxygen atoms in total. The van der Waals surface area contributed by atoms with Gasteiger partial charge in [-0.05, 0) is 88.4 Å². The quantitative estimate of drug-likeness (QED) is 0.298. The molecule has 1 unspecified atom stereocenters. The summed E-state index contributed by atoms with van der Waals surface area (Å²) in [6, 6.07) is 8.73. The van der Waals surface area contributed by atoms with E-state index in [2.05, 4.69) is 0 Å². The van der Waals surface area contributed by atoms with E-state index in [1.807, 2.05) is 71.9 Å². The largest absolute Gasteiger partial charge is 0.490 e. The molecule has 1 atom stereocenters. The first-order valence-corrected chi connectivity index (χ1v) is 13.2. The number of benzene rings is 2. The first-order valence-electron chi connectivity index (χ1n) is 13.2. The Morgan fingerprint density at radius 3 is 2.43 bits per heavy atom. The summed E-state index contributed by atoms with van der Waals surface area (Å²) in [6.07, 6.45) is 1.61. The third-order valence-corrected chi connectivity index (χ3v) is 6.62. The van der Waals surface area contributed by atoms with E-state index >= 15 is 0 Å². The lowest BCUT2D eigenvalue weighted by Gasteiger charge is -2.26. The first-order chi connectivity index (χ1) is 17.8. The van der Waals surface area contributed by atoms with Crippen molar-refractivity contribution < 1.29 is 23.4 Å². The fourth-order valence-corrected chi connectivity index (χ4v) is 4.70. The van der Waals surface area contributed by atoms with Gasteiger partial charge in [0.05, 0.1) is 36.3 Å². The highest BCUT2D eigenvalue weighted by atomic mass is 16.5. The molecule has 2 aromatic carbocycles. The van der Waals surface area contributed by atoms with Gasteiger partial charge >= 0.3 is 0 Å². The van der Waals surface area contributed by atoms with Gasteiger partial charge in [0.1, 0.15) is 5.58 Å². The van der Waals surface area contributed by atoms with Crippen LogP contribution in [0.25, 0.3) is 11.0 Å². The minimum absolute atomic E-state index is 0.103. The molecule has 0 N–H and O–H groups in total. The van der Waals surface area contributed by atoms with Crippen molar-refractivity contribution in [2.24, 2.45) is 0 Å². The molecule has 1 aliphatic rings. The van der Waals surface area contributed by atoms with E-state index in [9.17, 15) is 9.59 Å². The van der Waals surface area contributed by atoms with E-state index in [1.54, 1.807) is 4.90 Å². The van der Waals surface area contributed by atoms with E-state index in [4.69, 9.17) is 18.6 Å². The lowest BCUT2D eigenvalue weighted by molar-refractivity contribution is 0.0593. The Labute approximate surface area is 218 Å². The zero-order chi connectivity index (χ0) is 26.7. The van der Waals surface area contributed by atoms with Gasteiger partial charge in [-0.3, -0.25) is 9.59 Å². The Balaban J connectivity index is 1.84. The molecule has 0 saturated heterocycles. The van der Waals surface area contributed by atoms with Crippen molar-refractivity contribution in [3.63, 3.8) is 0 Å². The molecule has 0 aliphatic carbocycles. The Hall–Kier alpha value is -3.32. The maximum absolute atomic E-state index is 13.9. The van der Waals surface area contributed by atoms with E-state index in [0.29, 0.717) is 60.8 Å². The Morgan fingerprint density at radius 2 is 1.73 bits per heavy atom. The number of carbonyl (C=O) groups excluding carboxylic acids is 1. The van der Waals surface area contributed by atoms with Gasteiger partial charge in [-0.1, -0.05) is 13.0 Å². The van der Waals surface area contributed by atoms with Crippen LogP contribution in [0.2, 0.25) is 0 Å². The lowest BCUT2D eigenvalue weighted by Crippen LogP contribution is -2.31. The van der Waals surface area contributed by atoms with Gasteiger partial charge in [0.25, 0.3) is 5.91 Å². The highest BCUT2D eigenvalue weighted by Gasteiger charge is 2.42. The monoisotopic (exact) mass is 507 g/mol. The second kappa shape index (κ2) is 11.4. The van der Waals surface area contributed by atoms with E-state index in [1.165, 1.54) is 0 Å². The predicted molar refractivity (Wildman–Crippen MR) is 144 cm³/mol. The Morgan fingerprint density at radius 1 is 0.973 bits per heavy atom. The standard InChI is InChI=1S/C30H37NO6/c1-7-13-36-23-11-10-21(17-25(23)34-8-2)27-26-28(32)22-15-19(5)20(6)16-24(22)37-29(26)30(33)31(27)12-9-14-35-18(3)4/h10-11,15-18,27H,7-9,12-14H2,1-6H3. The third kappa shape index (κ3) is 5.37. The van der Waals surface area contributed by atoms with Crippen LogP contribution in [0, 0.1) is 13.8 Å². The normalized spacial score (nSPS) is 15.1. The van der Waals surface area contributed by atoms with Gasteiger partial charge in [0.15, 0.2) is 16.9 Å². The molecular weight excluding hydrogens is 470 g/mol. The van der Waals surface area contributed by atoms with E-state index < -0.39 is 6.04 Å². The molecule has 198 valence electrons. The summed E-state index contributed by atoms with van der Waals surface area (Å²) >= 11 is 0. The average Bonchev–Trinajstić information content (AvgIpc) is 3.14. The number of hydrogen-bond acceptors (Lipinski definition) is 6. The molecule has 2 heterocycles. The van der Waals surface area contributed by atoms with Crippen LogP contribution in [0.15, 0.2) is 39.5 Å². The molecule has 4 rings (SSSR count). The van der Waals surface area contributed by atoms with Crippen molar-refractivity contribution in [2.75, 3.05) is 26.4 Å². The maximum atomic E-state index is 13.9. The van der Waals surface area contributed by atoms with Gasteiger partial charge in [0, 0.05) is 13.2 Å². The van der Waals surface area contributed by atoms with Crippen LogP contribution in [0.3, 0.4) is 0 Å². The molecule has 0 radical (unpaired) electrons. The SMILES string of the molecule is CCCOc1ccc(C2c3c(oc4cc(C)c(C)cc4c3=O)C(=O)N2CCCOC(C)C)cc1OCC. The molecule has 37 heavy (non-hydrogen) atoms. The zero-order valence-corrected chi connectivity index (χ0v) is 22.7. The van der Waals surface area contributed by atoms with Crippen molar-refractivity contribution in [2.45, 2.75) is 66.5 Å². The molecule has 0 saturated carbocycles. The molecule has 7 heteroatoms. The van der Waals surface area contributed by atoms with Crippen molar-refractivity contribution in [1.82, 2.24) is 4.90 Å². The topological polar surface area (TPSA) is 78.2 Å². The summed E-state index contributed by atoms with van der Waals surface area (Å²) in [6.45, 7) is 13.8. The third-order valence-electron chi connectivity index (χ3n) is 6.62. The number of nitrogens with zero attached hydrogens (tertiary/aromatic N) is 1. The summed E-state index contributed by atoms with van der Waals surface area (Å²) in [5.74, 6) is 1.06. The number of carbonyl (C=O) groups is 1. The number of amides is 1. The van der Waals surface area contributed by atoms with Gasteiger partial charge in [-0.25, -0.2) is 0 Å². The van der Waals surface area contributed by atoms with Crippen molar-refractivity contribution in [1.29, 1.82) is 0 Å². The fourth-order valence-electron chi connectivity index (χ4n) is 4.70. The van der Waals surface area contributed by atoms with Crippen LogP contribution < -0.4 is 14.9 Å². The summed E-state index contributed by atoms with van der Waals surface area (Å²) in [4.78, 5) is 29.3. The smallest absolute Gasteiger partial charge is 0.290 e. The highest BCUT2D eigenvalue weighted by Crippen LogP contribution is 2.41.